The fourth-order valence-electron chi connectivity index (χ4n) is 1.23. The first-order valence-electron chi connectivity index (χ1n) is 5.08. The molecule has 0 radical (unpaired) electrons. The number of allylic oxidation sites excluding steroid dienone is 2. The van der Waals surface area contributed by atoms with Crippen LogP contribution in [-0.2, 0) is 11.2 Å². The molecule has 0 bridgehead atoms. The normalized spacial score (nSPS) is 12.9. The van der Waals surface area contributed by atoms with Crippen molar-refractivity contribution >= 4 is 5.78 Å². The van der Waals surface area contributed by atoms with Gasteiger partial charge in [0.1, 0.15) is 0 Å². The summed E-state index contributed by atoms with van der Waals surface area (Å²) in [6.45, 7) is 1.25. The molecule has 0 fully saturated rings. The zero-order chi connectivity index (χ0) is 11.1. The van der Waals surface area contributed by atoms with E-state index in [-0.39, 0.29) is 0 Å². The van der Waals surface area contributed by atoms with E-state index in [9.17, 15) is 9.18 Å². The monoisotopic (exact) mass is 206 g/mol. The fraction of sp³-hybridized carbons (Fsp3) is 0.308. The number of carbonyl (C=O) groups excluding carboxylic acids is 1. The van der Waals surface area contributed by atoms with E-state index >= 15 is 0 Å². The van der Waals surface area contributed by atoms with Crippen LogP contribution in [0.15, 0.2) is 42.5 Å². The van der Waals surface area contributed by atoms with Gasteiger partial charge in [-0.3, -0.25) is 4.79 Å². The Morgan fingerprint density at radius 3 is 2.67 bits per heavy atom. The minimum atomic E-state index is -1.39. The molecular formula is C13H15FO. The highest BCUT2D eigenvalue weighted by molar-refractivity contribution is 5.92. The maximum atomic E-state index is 12.4. The van der Waals surface area contributed by atoms with Gasteiger partial charge in [-0.1, -0.05) is 36.4 Å². The van der Waals surface area contributed by atoms with Gasteiger partial charge in [-0.05, 0) is 31.4 Å². The third-order valence-corrected chi connectivity index (χ3v) is 2.12. The maximum absolute atomic E-state index is 12.4. The summed E-state index contributed by atoms with van der Waals surface area (Å²) < 4.78 is 12.4. The molecule has 0 aliphatic carbocycles. The maximum Gasteiger partial charge on any atom is 0.189 e. The highest BCUT2D eigenvalue weighted by Crippen LogP contribution is 2.03. The Morgan fingerprint density at radius 1 is 1.40 bits per heavy atom. The summed E-state index contributed by atoms with van der Waals surface area (Å²) in [5.41, 5.74) is 1.22. The van der Waals surface area contributed by atoms with Gasteiger partial charge in [0.05, 0.1) is 0 Å². The zero-order valence-electron chi connectivity index (χ0n) is 8.82. The van der Waals surface area contributed by atoms with Crippen molar-refractivity contribution in [1.82, 2.24) is 0 Å². The molecule has 0 aromatic heterocycles. The highest BCUT2D eigenvalue weighted by atomic mass is 19.1. The first-order valence-corrected chi connectivity index (χ1v) is 5.08. The summed E-state index contributed by atoms with van der Waals surface area (Å²) in [5, 5.41) is 0. The third-order valence-electron chi connectivity index (χ3n) is 2.12. The molecule has 1 rings (SSSR count). The molecule has 1 aromatic carbocycles. The van der Waals surface area contributed by atoms with Crippen LogP contribution in [0.4, 0.5) is 4.39 Å². The predicted molar refractivity (Wildman–Crippen MR) is 59.5 cm³/mol. The van der Waals surface area contributed by atoms with Gasteiger partial charge in [-0.2, -0.15) is 0 Å². The van der Waals surface area contributed by atoms with Crippen LogP contribution in [0.3, 0.4) is 0 Å². The lowest BCUT2D eigenvalue weighted by Gasteiger charge is -1.96. The molecule has 2 heteroatoms. The first-order chi connectivity index (χ1) is 7.20. The van der Waals surface area contributed by atoms with E-state index in [1.807, 2.05) is 30.3 Å². The minimum Gasteiger partial charge on any atom is -0.292 e. The second-order valence-corrected chi connectivity index (χ2v) is 3.45. The predicted octanol–water partition coefficient (Wildman–Crippen LogP) is 3.10. The van der Waals surface area contributed by atoms with Gasteiger partial charge in [0.2, 0.25) is 0 Å². The molecule has 1 unspecified atom stereocenters. The number of rotatable bonds is 5. The Kier molecular flexibility index (Phi) is 4.75. The lowest BCUT2D eigenvalue weighted by Crippen LogP contribution is -2.06. The van der Waals surface area contributed by atoms with E-state index in [2.05, 4.69) is 0 Å². The van der Waals surface area contributed by atoms with Crippen molar-refractivity contribution in [1.29, 1.82) is 0 Å². The molecule has 80 valence electrons. The van der Waals surface area contributed by atoms with Crippen LogP contribution in [-0.4, -0.2) is 12.0 Å². The number of benzene rings is 1. The average Bonchev–Trinajstić information content (AvgIpc) is 2.25. The van der Waals surface area contributed by atoms with Crippen LogP contribution in [0.5, 0.6) is 0 Å². The average molecular weight is 206 g/mol. The summed E-state index contributed by atoms with van der Waals surface area (Å²) >= 11 is 0. The number of ketones is 1. The number of hydrogen-bond donors (Lipinski definition) is 0. The van der Waals surface area contributed by atoms with Gasteiger partial charge in [0.25, 0.3) is 0 Å². The molecule has 0 saturated heterocycles. The van der Waals surface area contributed by atoms with Crippen LogP contribution in [0.25, 0.3) is 0 Å². The number of hydrogen-bond acceptors (Lipinski definition) is 1. The van der Waals surface area contributed by atoms with Gasteiger partial charge in [0, 0.05) is 0 Å². The van der Waals surface area contributed by atoms with Gasteiger partial charge in [-0.25, -0.2) is 4.39 Å². The molecule has 1 nitrogen and oxygen atoms in total. The number of aryl methyl sites for hydroxylation is 1. The van der Waals surface area contributed by atoms with Crippen molar-refractivity contribution in [2.24, 2.45) is 0 Å². The van der Waals surface area contributed by atoms with Crippen molar-refractivity contribution in [3.8, 4) is 0 Å². The van der Waals surface area contributed by atoms with Crippen LogP contribution in [0, 0.1) is 0 Å². The van der Waals surface area contributed by atoms with Crippen LogP contribution in [0.2, 0.25) is 0 Å². The number of alkyl halides is 1. The molecule has 1 atom stereocenters. The number of halogens is 1. The summed E-state index contributed by atoms with van der Waals surface area (Å²) in [6, 6.07) is 10.00. The molecule has 0 N–H and O–H groups in total. The second-order valence-electron chi connectivity index (χ2n) is 3.45. The van der Waals surface area contributed by atoms with E-state index in [1.165, 1.54) is 18.6 Å². The Balaban J connectivity index is 2.31. The molecule has 15 heavy (non-hydrogen) atoms. The topological polar surface area (TPSA) is 17.1 Å². The Bertz CT molecular complexity index is 328. The fourth-order valence-corrected chi connectivity index (χ4v) is 1.23. The summed E-state index contributed by atoms with van der Waals surface area (Å²) in [7, 11) is 0. The Hall–Kier alpha value is -1.44. The lowest BCUT2D eigenvalue weighted by atomic mass is 10.1. The molecular weight excluding hydrogens is 191 g/mol. The first kappa shape index (κ1) is 11.6. The lowest BCUT2D eigenvalue weighted by molar-refractivity contribution is -0.118. The summed E-state index contributed by atoms with van der Waals surface area (Å²) in [4.78, 5) is 10.9. The zero-order valence-corrected chi connectivity index (χ0v) is 8.82. The van der Waals surface area contributed by atoms with Crippen LogP contribution >= 0.6 is 0 Å². The minimum absolute atomic E-state index is 0.455. The van der Waals surface area contributed by atoms with Gasteiger partial charge >= 0.3 is 0 Å². The summed E-state index contributed by atoms with van der Waals surface area (Å²) in [5.74, 6) is -0.455. The van der Waals surface area contributed by atoms with Crippen molar-refractivity contribution in [2.45, 2.75) is 25.9 Å². The van der Waals surface area contributed by atoms with E-state index in [0.717, 1.165) is 12.8 Å². The van der Waals surface area contributed by atoms with Crippen LogP contribution < -0.4 is 0 Å². The van der Waals surface area contributed by atoms with E-state index < -0.39 is 12.0 Å². The second kappa shape index (κ2) is 6.12. The van der Waals surface area contributed by atoms with Crippen LogP contribution in [0.1, 0.15) is 18.9 Å². The van der Waals surface area contributed by atoms with Gasteiger partial charge < -0.3 is 0 Å². The van der Waals surface area contributed by atoms with Gasteiger partial charge in [-0.15, -0.1) is 0 Å². The van der Waals surface area contributed by atoms with E-state index in [4.69, 9.17) is 0 Å². The Morgan fingerprint density at radius 2 is 2.07 bits per heavy atom. The van der Waals surface area contributed by atoms with Crippen molar-refractivity contribution in [2.75, 3.05) is 0 Å². The Labute approximate surface area is 89.6 Å². The highest BCUT2D eigenvalue weighted by Gasteiger charge is 2.04. The number of carbonyl (C=O) groups is 1. The molecule has 0 aliphatic heterocycles. The van der Waals surface area contributed by atoms with E-state index in [1.54, 1.807) is 6.08 Å². The quantitative estimate of drug-likeness (QED) is 0.676. The SMILES string of the molecule is CC(F)C(=O)/C=C/CCc1ccccc1. The molecule has 0 saturated carbocycles. The third kappa shape index (κ3) is 4.54. The summed E-state index contributed by atoms with van der Waals surface area (Å²) in [6.07, 6.45) is 3.31. The molecule has 0 aliphatic rings. The smallest absolute Gasteiger partial charge is 0.189 e. The van der Waals surface area contributed by atoms with Crippen molar-refractivity contribution in [3.63, 3.8) is 0 Å². The molecule has 0 amide bonds. The molecule has 0 spiro atoms. The van der Waals surface area contributed by atoms with Gasteiger partial charge in [0.15, 0.2) is 12.0 Å². The molecule has 0 heterocycles. The largest absolute Gasteiger partial charge is 0.292 e. The molecule has 1 aromatic rings. The van der Waals surface area contributed by atoms with E-state index in [0.29, 0.717) is 0 Å². The van der Waals surface area contributed by atoms with Crippen molar-refractivity contribution in [3.05, 3.63) is 48.0 Å². The standard InChI is InChI=1S/C13H15FO/c1-11(14)13(15)10-6-5-9-12-7-3-2-4-8-12/h2-4,6-8,10-11H,5,9H2,1H3/b10-6+. The van der Waals surface area contributed by atoms with Crippen molar-refractivity contribution < 1.29 is 9.18 Å².